The average Bonchev–Trinajstić information content (AvgIpc) is 2.63. The predicted molar refractivity (Wildman–Crippen MR) is 98.7 cm³/mol. The summed E-state index contributed by atoms with van der Waals surface area (Å²) in [6, 6.07) is 14.6. The van der Waals surface area contributed by atoms with E-state index in [0.29, 0.717) is 0 Å². The lowest BCUT2D eigenvalue weighted by Crippen LogP contribution is -2.32. The Bertz CT molecular complexity index is 675. The van der Waals surface area contributed by atoms with E-state index >= 15 is 0 Å². The van der Waals surface area contributed by atoms with Crippen LogP contribution in [0, 0.1) is 5.92 Å². The molecule has 2 aromatic carbocycles. The van der Waals surface area contributed by atoms with E-state index < -0.39 is 0 Å². The number of hydrogen-bond acceptors (Lipinski definition) is 3. The van der Waals surface area contributed by atoms with Gasteiger partial charge in [-0.25, -0.2) is 0 Å². The highest BCUT2D eigenvalue weighted by Gasteiger charge is 2.17. The molecule has 2 aromatic rings. The zero-order valence-corrected chi connectivity index (χ0v) is 14.9. The Morgan fingerprint density at radius 2 is 1.58 bits per heavy atom. The van der Waals surface area contributed by atoms with Crippen LogP contribution in [0.4, 0.5) is 0 Å². The highest BCUT2D eigenvalue weighted by molar-refractivity contribution is 5.76. The van der Waals surface area contributed by atoms with Gasteiger partial charge in [0.25, 0.3) is 0 Å². The molecule has 24 heavy (non-hydrogen) atoms. The van der Waals surface area contributed by atoms with E-state index in [4.69, 9.17) is 9.47 Å². The van der Waals surface area contributed by atoms with Gasteiger partial charge in [0.05, 0.1) is 14.2 Å². The summed E-state index contributed by atoms with van der Waals surface area (Å²) in [5.41, 5.74) is 3.50. The first-order valence-corrected chi connectivity index (χ1v) is 8.74. The molecule has 0 unspecified atom stereocenters. The van der Waals surface area contributed by atoms with Crippen molar-refractivity contribution in [3.05, 3.63) is 48.0 Å². The zero-order valence-electron chi connectivity index (χ0n) is 14.9. The fourth-order valence-electron chi connectivity index (χ4n) is 3.41. The van der Waals surface area contributed by atoms with Crippen molar-refractivity contribution in [2.45, 2.75) is 26.3 Å². The van der Waals surface area contributed by atoms with Crippen LogP contribution in [-0.2, 0) is 6.54 Å². The third kappa shape index (κ3) is 3.73. The number of ether oxygens (including phenoxy) is 2. The molecule has 1 aliphatic heterocycles. The Morgan fingerprint density at radius 3 is 2.29 bits per heavy atom. The van der Waals surface area contributed by atoms with Crippen LogP contribution < -0.4 is 9.47 Å². The Balaban J connectivity index is 1.88. The second kappa shape index (κ2) is 7.71. The van der Waals surface area contributed by atoms with Crippen LogP contribution in [0.25, 0.3) is 11.1 Å². The molecule has 0 atom stereocenters. The second-order valence-electron chi connectivity index (χ2n) is 6.69. The first kappa shape index (κ1) is 16.8. The van der Waals surface area contributed by atoms with Gasteiger partial charge in [-0.3, -0.25) is 4.90 Å². The van der Waals surface area contributed by atoms with Crippen LogP contribution in [0.5, 0.6) is 11.5 Å². The molecule has 1 fully saturated rings. The SMILES string of the molecule is COc1ccccc1-c1cc(CN2CCC(C)CC2)ccc1OC. The van der Waals surface area contributed by atoms with Gasteiger partial charge >= 0.3 is 0 Å². The Kier molecular flexibility index (Phi) is 5.41. The van der Waals surface area contributed by atoms with Crippen LogP contribution >= 0.6 is 0 Å². The Morgan fingerprint density at radius 1 is 0.917 bits per heavy atom. The molecular weight excluding hydrogens is 298 g/mol. The smallest absolute Gasteiger partial charge is 0.126 e. The molecule has 1 saturated heterocycles. The molecule has 3 nitrogen and oxygen atoms in total. The van der Waals surface area contributed by atoms with Gasteiger partial charge in [-0.15, -0.1) is 0 Å². The molecule has 1 aliphatic rings. The van der Waals surface area contributed by atoms with E-state index in [1.807, 2.05) is 18.2 Å². The summed E-state index contributed by atoms with van der Waals surface area (Å²) in [6.45, 7) is 5.73. The molecule has 3 rings (SSSR count). The van der Waals surface area contributed by atoms with Crippen LogP contribution in [-0.4, -0.2) is 32.2 Å². The van der Waals surface area contributed by atoms with E-state index in [9.17, 15) is 0 Å². The van der Waals surface area contributed by atoms with Crippen molar-refractivity contribution in [3.63, 3.8) is 0 Å². The molecule has 0 N–H and O–H groups in total. The molecule has 0 aromatic heterocycles. The molecule has 0 amide bonds. The summed E-state index contributed by atoms with van der Waals surface area (Å²) >= 11 is 0. The van der Waals surface area contributed by atoms with E-state index in [2.05, 4.69) is 36.1 Å². The van der Waals surface area contributed by atoms with Gasteiger partial charge in [-0.05, 0) is 55.6 Å². The van der Waals surface area contributed by atoms with E-state index in [-0.39, 0.29) is 0 Å². The van der Waals surface area contributed by atoms with Crippen molar-refractivity contribution in [2.24, 2.45) is 5.92 Å². The molecule has 128 valence electrons. The minimum atomic E-state index is 0.862. The number of nitrogens with zero attached hydrogens (tertiary/aromatic N) is 1. The van der Waals surface area contributed by atoms with Crippen molar-refractivity contribution in [2.75, 3.05) is 27.3 Å². The van der Waals surface area contributed by atoms with Gasteiger partial charge in [-0.2, -0.15) is 0 Å². The zero-order chi connectivity index (χ0) is 16.9. The van der Waals surface area contributed by atoms with E-state index in [1.165, 1.54) is 31.5 Å². The number of piperidine rings is 1. The molecule has 3 heteroatoms. The molecule has 0 spiro atoms. The first-order valence-electron chi connectivity index (χ1n) is 8.74. The minimum Gasteiger partial charge on any atom is -0.496 e. The highest BCUT2D eigenvalue weighted by atomic mass is 16.5. The lowest BCUT2D eigenvalue weighted by Gasteiger charge is -2.30. The maximum atomic E-state index is 5.59. The largest absolute Gasteiger partial charge is 0.496 e. The average molecular weight is 325 g/mol. The van der Waals surface area contributed by atoms with Gasteiger partial charge in [0.2, 0.25) is 0 Å². The lowest BCUT2D eigenvalue weighted by atomic mass is 9.97. The van der Waals surface area contributed by atoms with Crippen molar-refractivity contribution in [1.82, 2.24) is 4.90 Å². The van der Waals surface area contributed by atoms with E-state index in [0.717, 1.165) is 35.1 Å². The molecule has 0 aliphatic carbocycles. The molecule has 0 bridgehead atoms. The Labute approximate surface area is 145 Å². The number of rotatable bonds is 5. The summed E-state index contributed by atoms with van der Waals surface area (Å²) in [7, 11) is 3.43. The maximum Gasteiger partial charge on any atom is 0.126 e. The molecule has 1 heterocycles. The number of methoxy groups -OCH3 is 2. The van der Waals surface area contributed by atoms with Crippen molar-refractivity contribution in [3.8, 4) is 22.6 Å². The topological polar surface area (TPSA) is 21.7 Å². The molecular formula is C21H27NO2. The normalized spacial score (nSPS) is 16.1. The predicted octanol–water partition coefficient (Wildman–Crippen LogP) is 4.60. The van der Waals surface area contributed by atoms with Crippen molar-refractivity contribution < 1.29 is 9.47 Å². The third-order valence-corrected chi connectivity index (χ3v) is 4.94. The summed E-state index contributed by atoms with van der Waals surface area (Å²) in [6.07, 6.45) is 2.60. The van der Waals surface area contributed by atoms with Crippen LogP contribution in [0.3, 0.4) is 0 Å². The monoisotopic (exact) mass is 325 g/mol. The number of para-hydroxylation sites is 1. The van der Waals surface area contributed by atoms with Gasteiger partial charge < -0.3 is 9.47 Å². The lowest BCUT2D eigenvalue weighted by molar-refractivity contribution is 0.185. The van der Waals surface area contributed by atoms with Crippen LogP contribution in [0.15, 0.2) is 42.5 Å². The first-order chi connectivity index (χ1) is 11.7. The van der Waals surface area contributed by atoms with Gasteiger partial charge in [0.1, 0.15) is 11.5 Å². The van der Waals surface area contributed by atoms with Gasteiger partial charge in [0, 0.05) is 17.7 Å². The number of benzene rings is 2. The Hall–Kier alpha value is -2.00. The van der Waals surface area contributed by atoms with Gasteiger partial charge in [-0.1, -0.05) is 31.2 Å². The minimum absolute atomic E-state index is 0.862. The van der Waals surface area contributed by atoms with Crippen molar-refractivity contribution in [1.29, 1.82) is 0 Å². The van der Waals surface area contributed by atoms with Crippen LogP contribution in [0.2, 0.25) is 0 Å². The standard InChI is InChI=1S/C21H27NO2/c1-16-10-12-22(13-11-16)15-17-8-9-21(24-3)19(14-17)18-6-4-5-7-20(18)23-2/h4-9,14,16H,10-13,15H2,1-3H3. The number of likely N-dealkylation sites (tertiary alicyclic amines) is 1. The second-order valence-corrected chi connectivity index (χ2v) is 6.69. The maximum absolute atomic E-state index is 5.59. The van der Waals surface area contributed by atoms with E-state index in [1.54, 1.807) is 14.2 Å². The fourth-order valence-corrected chi connectivity index (χ4v) is 3.41. The van der Waals surface area contributed by atoms with Crippen molar-refractivity contribution >= 4 is 0 Å². The van der Waals surface area contributed by atoms with Crippen LogP contribution in [0.1, 0.15) is 25.3 Å². The number of hydrogen-bond donors (Lipinski definition) is 0. The fraction of sp³-hybridized carbons (Fsp3) is 0.429. The van der Waals surface area contributed by atoms with Gasteiger partial charge in [0.15, 0.2) is 0 Å². The quantitative estimate of drug-likeness (QED) is 0.802. The summed E-state index contributed by atoms with van der Waals surface area (Å²) in [5, 5.41) is 0. The molecule has 0 radical (unpaired) electrons. The molecule has 0 saturated carbocycles. The summed E-state index contributed by atoms with van der Waals surface area (Å²) < 4.78 is 11.1. The summed E-state index contributed by atoms with van der Waals surface area (Å²) in [4.78, 5) is 2.55. The third-order valence-electron chi connectivity index (χ3n) is 4.94. The summed E-state index contributed by atoms with van der Waals surface area (Å²) in [5.74, 6) is 2.62. The highest BCUT2D eigenvalue weighted by Crippen LogP contribution is 2.37.